The Bertz CT molecular complexity index is 906. The number of alkyl carbamates (subject to hydrolysis) is 1. The molecular formula is C22H31N3O3. The van der Waals surface area contributed by atoms with Crippen molar-refractivity contribution in [3.63, 3.8) is 0 Å². The summed E-state index contributed by atoms with van der Waals surface area (Å²) in [6, 6.07) is 6.05. The van der Waals surface area contributed by atoms with Gasteiger partial charge in [0.05, 0.1) is 5.54 Å². The van der Waals surface area contributed by atoms with Crippen LogP contribution in [0.5, 0.6) is 0 Å². The van der Waals surface area contributed by atoms with Gasteiger partial charge in [-0.3, -0.25) is 4.79 Å². The van der Waals surface area contributed by atoms with E-state index in [1.165, 1.54) is 0 Å². The zero-order valence-corrected chi connectivity index (χ0v) is 17.7. The Morgan fingerprint density at radius 2 is 1.82 bits per heavy atom. The highest BCUT2D eigenvalue weighted by Gasteiger charge is 2.43. The van der Waals surface area contributed by atoms with E-state index in [-0.39, 0.29) is 5.91 Å². The minimum absolute atomic E-state index is 0.159. The zero-order chi connectivity index (χ0) is 20.7. The summed E-state index contributed by atoms with van der Waals surface area (Å²) in [6.45, 7) is 11.9. The molecule has 0 aliphatic heterocycles. The molecule has 6 heteroatoms. The second-order valence-electron chi connectivity index (χ2n) is 9.23. The number of aromatic amines is 1. The van der Waals surface area contributed by atoms with Crippen LogP contribution >= 0.6 is 0 Å². The lowest BCUT2D eigenvalue weighted by Crippen LogP contribution is -2.55. The van der Waals surface area contributed by atoms with Gasteiger partial charge in [0.2, 0.25) is 0 Å². The Morgan fingerprint density at radius 1 is 1.14 bits per heavy atom. The molecule has 1 fully saturated rings. The first-order valence-corrected chi connectivity index (χ1v) is 9.86. The van der Waals surface area contributed by atoms with E-state index in [1.807, 2.05) is 53.7 Å². The summed E-state index contributed by atoms with van der Waals surface area (Å²) >= 11 is 0. The summed E-state index contributed by atoms with van der Waals surface area (Å²) < 4.78 is 5.32. The lowest BCUT2D eigenvalue weighted by atomic mass is 9.95. The highest BCUT2D eigenvalue weighted by molar-refractivity contribution is 5.99. The molecule has 2 aromatic rings. The molecule has 1 heterocycles. The normalized spacial score (nSPS) is 16.5. The molecular weight excluding hydrogens is 354 g/mol. The van der Waals surface area contributed by atoms with E-state index in [0.717, 1.165) is 34.9 Å². The van der Waals surface area contributed by atoms with Crippen LogP contribution in [0.3, 0.4) is 0 Å². The number of hydrogen-bond donors (Lipinski definition) is 3. The molecule has 1 aromatic carbocycles. The van der Waals surface area contributed by atoms with E-state index in [9.17, 15) is 9.59 Å². The van der Waals surface area contributed by atoms with Crippen molar-refractivity contribution in [2.75, 3.05) is 6.54 Å². The van der Waals surface area contributed by atoms with Gasteiger partial charge in [-0.15, -0.1) is 0 Å². The molecule has 0 spiro atoms. The third-order valence-electron chi connectivity index (χ3n) is 5.21. The molecule has 0 bridgehead atoms. The Labute approximate surface area is 166 Å². The van der Waals surface area contributed by atoms with Gasteiger partial charge in [-0.05, 0) is 83.6 Å². The number of carbonyl (C=O) groups is 2. The molecule has 1 aromatic heterocycles. The van der Waals surface area contributed by atoms with Crippen LogP contribution in [-0.4, -0.2) is 34.7 Å². The van der Waals surface area contributed by atoms with E-state index in [2.05, 4.69) is 21.7 Å². The van der Waals surface area contributed by atoms with Crippen molar-refractivity contribution >= 4 is 22.9 Å². The van der Waals surface area contributed by atoms with Crippen LogP contribution in [0.25, 0.3) is 10.9 Å². The monoisotopic (exact) mass is 385 g/mol. The maximum Gasteiger partial charge on any atom is 0.407 e. The first kappa shape index (κ1) is 20.2. The molecule has 0 saturated heterocycles. The van der Waals surface area contributed by atoms with Crippen molar-refractivity contribution in [3.05, 3.63) is 35.0 Å². The number of rotatable bonds is 5. The SMILES string of the molecule is Cc1cc(C)c2cc(C(=O)NC(C)(CNC(=O)OC(C)(C)C)C3CC3)[nH]c2c1. The second-order valence-corrected chi connectivity index (χ2v) is 9.23. The minimum Gasteiger partial charge on any atom is -0.444 e. The summed E-state index contributed by atoms with van der Waals surface area (Å²) in [6.07, 6.45) is 1.61. The van der Waals surface area contributed by atoms with E-state index in [4.69, 9.17) is 4.74 Å². The van der Waals surface area contributed by atoms with Crippen LogP contribution < -0.4 is 10.6 Å². The molecule has 1 aliphatic carbocycles. The summed E-state index contributed by atoms with van der Waals surface area (Å²) in [5.74, 6) is 0.188. The molecule has 3 N–H and O–H groups in total. The van der Waals surface area contributed by atoms with Crippen molar-refractivity contribution in [1.29, 1.82) is 0 Å². The highest BCUT2D eigenvalue weighted by Crippen LogP contribution is 2.39. The van der Waals surface area contributed by atoms with Crippen LogP contribution in [-0.2, 0) is 4.74 Å². The Balaban J connectivity index is 1.72. The number of aromatic nitrogens is 1. The predicted molar refractivity (Wildman–Crippen MR) is 111 cm³/mol. The smallest absolute Gasteiger partial charge is 0.407 e. The number of fused-ring (bicyclic) bond motifs is 1. The van der Waals surface area contributed by atoms with Crippen molar-refractivity contribution in [2.24, 2.45) is 5.92 Å². The van der Waals surface area contributed by atoms with Gasteiger partial charge in [-0.2, -0.15) is 0 Å². The number of H-pyrrole nitrogens is 1. The van der Waals surface area contributed by atoms with E-state index in [1.54, 1.807) is 0 Å². The molecule has 2 amide bonds. The molecule has 1 unspecified atom stereocenters. The quantitative estimate of drug-likeness (QED) is 0.721. The van der Waals surface area contributed by atoms with Crippen LogP contribution in [0.2, 0.25) is 0 Å². The standard InChI is InChI=1S/C22H31N3O3/c1-13-9-14(2)16-11-18(24-17(16)10-13)19(26)25-22(6,15-7-8-15)12-23-20(27)28-21(3,4)5/h9-11,15,24H,7-8,12H2,1-6H3,(H,23,27)(H,25,26). The van der Waals surface area contributed by atoms with Crippen molar-refractivity contribution in [1.82, 2.24) is 15.6 Å². The number of hydrogen-bond acceptors (Lipinski definition) is 3. The first-order valence-electron chi connectivity index (χ1n) is 9.86. The van der Waals surface area contributed by atoms with Gasteiger partial charge in [-0.25, -0.2) is 4.79 Å². The van der Waals surface area contributed by atoms with Gasteiger partial charge >= 0.3 is 6.09 Å². The molecule has 1 atom stereocenters. The lowest BCUT2D eigenvalue weighted by Gasteiger charge is -2.31. The molecule has 28 heavy (non-hydrogen) atoms. The molecule has 1 aliphatic rings. The van der Waals surface area contributed by atoms with E-state index < -0.39 is 17.2 Å². The summed E-state index contributed by atoms with van der Waals surface area (Å²) in [7, 11) is 0. The molecule has 1 saturated carbocycles. The second kappa shape index (κ2) is 7.15. The summed E-state index contributed by atoms with van der Waals surface area (Å²) in [4.78, 5) is 28.2. The number of ether oxygens (including phenoxy) is 1. The van der Waals surface area contributed by atoms with Crippen LogP contribution in [0.15, 0.2) is 18.2 Å². The summed E-state index contributed by atoms with van der Waals surface area (Å²) in [5, 5.41) is 7.01. The van der Waals surface area contributed by atoms with Crippen molar-refractivity contribution in [2.45, 2.75) is 65.5 Å². The number of aryl methyl sites for hydroxylation is 2. The summed E-state index contributed by atoms with van der Waals surface area (Å²) in [5.41, 5.74) is 2.72. The van der Waals surface area contributed by atoms with Crippen molar-refractivity contribution in [3.8, 4) is 0 Å². The Kier molecular flexibility index (Phi) is 5.17. The zero-order valence-electron chi connectivity index (χ0n) is 17.7. The average Bonchev–Trinajstić information content (AvgIpc) is 3.32. The molecule has 152 valence electrons. The van der Waals surface area contributed by atoms with E-state index in [0.29, 0.717) is 18.2 Å². The number of nitrogens with one attached hydrogen (secondary N) is 3. The van der Waals surface area contributed by atoms with Crippen molar-refractivity contribution < 1.29 is 14.3 Å². The fourth-order valence-electron chi connectivity index (χ4n) is 3.63. The molecule has 0 radical (unpaired) electrons. The third-order valence-corrected chi connectivity index (χ3v) is 5.21. The van der Waals surface area contributed by atoms with Gasteiger partial charge in [-0.1, -0.05) is 6.07 Å². The van der Waals surface area contributed by atoms with Crippen LogP contribution in [0.1, 0.15) is 62.2 Å². The maximum absolute atomic E-state index is 12.9. The predicted octanol–water partition coefficient (Wildman–Crippen LogP) is 4.21. The van der Waals surface area contributed by atoms with Gasteiger partial charge in [0.1, 0.15) is 11.3 Å². The topological polar surface area (TPSA) is 83.2 Å². The molecule has 3 rings (SSSR count). The number of benzene rings is 1. The van der Waals surface area contributed by atoms with Crippen LogP contribution in [0.4, 0.5) is 4.79 Å². The van der Waals surface area contributed by atoms with Gasteiger partial charge in [0.15, 0.2) is 0 Å². The lowest BCUT2D eigenvalue weighted by molar-refractivity contribution is 0.0502. The minimum atomic E-state index is -0.552. The van der Waals surface area contributed by atoms with E-state index >= 15 is 0 Å². The Hall–Kier alpha value is -2.50. The van der Waals surface area contributed by atoms with Gasteiger partial charge < -0.3 is 20.4 Å². The first-order chi connectivity index (χ1) is 13.0. The largest absolute Gasteiger partial charge is 0.444 e. The van der Waals surface area contributed by atoms with Gasteiger partial charge in [0, 0.05) is 17.4 Å². The van der Waals surface area contributed by atoms with Gasteiger partial charge in [0.25, 0.3) is 5.91 Å². The Morgan fingerprint density at radius 3 is 2.43 bits per heavy atom. The molecule has 6 nitrogen and oxygen atoms in total. The van der Waals surface area contributed by atoms with Crippen LogP contribution in [0, 0.1) is 19.8 Å². The fourth-order valence-corrected chi connectivity index (χ4v) is 3.63. The number of carbonyl (C=O) groups excluding carboxylic acids is 2. The third kappa shape index (κ3) is 4.66. The average molecular weight is 386 g/mol. The fraction of sp³-hybridized carbons (Fsp3) is 0.545. The maximum atomic E-state index is 12.9. The number of amides is 2. The highest BCUT2D eigenvalue weighted by atomic mass is 16.6.